The Kier molecular flexibility index (Phi) is 13.0. The Morgan fingerprint density at radius 3 is 1.13 bits per heavy atom. The second-order valence-corrected chi connectivity index (χ2v) is 20.0. The van der Waals surface area contributed by atoms with Crippen molar-refractivity contribution >= 4 is 34.1 Å². The first-order chi connectivity index (χ1) is 35.1. The molecule has 0 radical (unpaired) electrons. The maximum Gasteiger partial charge on any atom is 0.0710 e. The second kappa shape index (κ2) is 20.1. The summed E-state index contributed by atoms with van der Waals surface area (Å²) in [6.07, 6.45) is 11.1. The molecule has 2 bridgehead atoms. The fourth-order valence-corrected chi connectivity index (χ4v) is 12.2. The summed E-state index contributed by atoms with van der Waals surface area (Å²) in [6.45, 7) is 6.95. The highest BCUT2D eigenvalue weighted by Gasteiger charge is 2.56. The molecule has 0 spiro atoms. The minimum atomic E-state index is -0.562. The largest absolute Gasteiger partial charge is 0.311 e. The third-order valence-electron chi connectivity index (χ3n) is 15.6. The zero-order chi connectivity index (χ0) is 48.2. The zero-order valence-electron chi connectivity index (χ0n) is 41.8. The average molecular weight is 923 g/mol. The maximum absolute atomic E-state index is 2.65. The highest BCUT2D eigenvalue weighted by molar-refractivity contribution is 5.81. The zero-order valence-corrected chi connectivity index (χ0v) is 41.8. The Hall–Kier alpha value is -7.42. The molecule has 0 aliphatic heterocycles. The lowest BCUT2D eigenvalue weighted by Crippen LogP contribution is -2.43. The lowest BCUT2D eigenvalue weighted by atomic mass is 9.53. The standard InChI is InChI=1S/C69H66N2/c1-4-7-22-51-33-36-54-50-68(55-37-41-61(42-38-55)70(57-25-14-10-15-26-57)58-27-16-11-17-28-58)63-45-34-53(24-9-6-3)49-67(63)69(65(54)47-51,64-46-35-52(23-8-5-2)48-66(64)68)56-39-43-62(44-40-56)71(59-29-18-12-19-30-59)60-31-20-13-21-32-60/h10-21,25-49H,4-9,22-24,50H2,1-3H3. The van der Waals surface area contributed by atoms with E-state index in [-0.39, 0.29) is 0 Å². The van der Waals surface area contributed by atoms with E-state index >= 15 is 0 Å². The Morgan fingerprint density at radius 2 is 0.690 bits per heavy atom. The van der Waals surface area contributed by atoms with Gasteiger partial charge in [0.1, 0.15) is 0 Å². The molecule has 3 aliphatic rings. The number of nitrogens with zero attached hydrogens (tertiary/aromatic N) is 2. The molecule has 0 saturated heterocycles. The van der Waals surface area contributed by atoms with Gasteiger partial charge in [-0.05, 0) is 179 Å². The van der Waals surface area contributed by atoms with Crippen LogP contribution < -0.4 is 9.80 Å². The molecule has 2 heteroatoms. The van der Waals surface area contributed by atoms with Gasteiger partial charge in [-0.25, -0.2) is 0 Å². The summed E-state index contributed by atoms with van der Waals surface area (Å²) in [7, 11) is 0. The average Bonchev–Trinajstić information content (AvgIpc) is 3.62. The molecule has 0 N–H and O–H groups in total. The summed E-state index contributed by atoms with van der Waals surface area (Å²) >= 11 is 0. The van der Waals surface area contributed by atoms with Crippen molar-refractivity contribution in [3.8, 4) is 0 Å². The minimum absolute atomic E-state index is 0.448. The van der Waals surface area contributed by atoms with Crippen LogP contribution >= 0.6 is 0 Å². The first-order valence-electron chi connectivity index (χ1n) is 26.5. The Labute approximate surface area is 423 Å². The van der Waals surface area contributed by atoms with Gasteiger partial charge < -0.3 is 9.80 Å². The predicted octanol–water partition coefficient (Wildman–Crippen LogP) is 18.2. The van der Waals surface area contributed by atoms with Gasteiger partial charge in [-0.1, -0.05) is 192 Å². The van der Waals surface area contributed by atoms with E-state index in [9.17, 15) is 0 Å². The minimum Gasteiger partial charge on any atom is -0.311 e. The fraction of sp³-hybridized carbons (Fsp3) is 0.217. The molecule has 9 aromatic carbocycles. The van der Waals surface area contributed by atoms with Crippen molar-refractivity contribution < 1.29 is 0 Å². The molecule has 0 saturated carbocycles. The molecular formula is C69H66N2. The van der Waals surface area contributed by atoms with Crippen LogP contribution in [0.1, 0.15) is 120 Å². The lowest BCUT2D eigenvalue weighted by molar-refractivity contribution is 0.574. The van der Waals surface area contributed by atoms with Crippen molar-refractivity contribution in [1.29, 1.82) is 0 Å². The maximum atomic E-state index is 2.65. The quantitative estimate of drug-likeness (QED) is 0.0898. The van der Waals surface area contributed by atoms with Crippen molar-refractivity contribution in [2.24, 2.45) is 0 Å². The molecule has 2 atom stereocenters. The number of aryl methyl sites for hydroxylation is 3. The first kappa shape index (κ1) is 46.0. The third-order valence-corrected chi connectivity index (χ3v) is 15.6. The molecule has 0 fully saturated rings. The summed E-state index contributed by atoms with van der Waals surface area (Å²) in [6, 6.07) is 85.7. The number of para-hydroxylation sites is 4. The van der Waals surface area contributed by atoms with E-state index in [1.807, 2.05) is 0 Å². The van der Waals surface area contributed by atoms with E-state index in [1.165, 1.54) is 80.5 Å². The SMILES string of the molecule is CCCCc1ccc2c(c1)C1(c3ccc(N(c4ccccc4)c4ccccc4)cc3)Cc3ccc(CCCC)cc3C2(c2ccc(N(c3ccccc3)c3ccccc3)cc2)c2cc(CCCC)ccc21. The summed E-state index contributed by atoms with van der Waals surface area (Å²) in [5, 5.41) is 0. The van der Waals surface area contributed by atoms with Crippen LogP contribution in [0.5, 0.6) is 0 Å². The number of rotatable bonds is 17. The molecule has 9 aromatic rings. The van der Waals surface area contributed by atoms with Gasteiger partial charge in [0, 0.05) is 39.5 Å². The predicted molar refractivity (Wildman–Crippen MR) is 300 cm³/mol. The van der Waals surface area contributed by atoms with Crippen molar-refractivity contribution in [1.82, 2.24) is 0 Å². The van der Waals surface area contributed by atoms with Crippen LogP contribution in [0.3, 0.4) is 0 Å². The van der Waals surface area contributed by atoms with Crippen molar-refractivity contribution in [2.75, 3.05) is 9.80 Å². The topological polar surface area (TPSA) is 6.48 Å². The molecule has 2 unspecified atom stereocenters. The summed E-state index contributed by atoms with van der Waals surface area (Å²) in [5.41, 5.74) is 21.4. The van der Waals surface area contributed by atoms with Gasteiger partial charge in [-0.2, -0.15) is 0 Å². The number of unbranched alkanes of at least 4 members (excludes halogenated alkanes) is 3. The Balaban J connectivity index is 1.19. The van der Waals surface area contributed by atoms with Gasteiger partial charge in [0.25, 0.3) is 0 Å². The van der Waals surface area contributed by atoms with Crippen LogP contribution in [-0.4, -0.2) is 0 Å². The molecule has 71 heavy (non-hydrogen) atoms. The smallest absolute Gasteiger partial charge is 0.0710 e. The van der Waals surface area contributed by atoms with Crippen LogP contribution in [0.4, 0.5) is 34.1 Å². The van der Waals surface area contributed by atoms with Gasteiger partial charge in [0.05, 0.1) is 5.41 Å². The number of hydrogen-bond donors (Lipinski definition) is 0. The van der Waals surface area contributed by atoms with Gasteiger partial charge in [0.15, 0.2) is 0 Å². The molecular weight excluding hydrogens is 857 g/mol. The molecule has 3 aliphatic carbocycles. The number of benzene rings is 9. The first-order valence-corrected chi connectivity index (χ1v) is 26.5. The second-order valence-electron chi connectivity index (χ2n) is 20.0. The van der Waals surface area contributed by atoms with E-state index < -0.39 is 10.8 Å². The molecule has 0 amide bonds. The molecule has 0 heterocycles. The molecule has 0 aromatic heterocycles. The van der Waals surface area contributed by atoms with Crippen molar-refractivity contribution in [3.05, 3.63) is 286 Å². The summed E-state index contributed by atoms with van der Waals surface area (Å²) < 4.78 is 0. The monoisotopic (exact) mass is 923 g/mol. The van der Waals surface area contributed by atoms with Gasteiger partial charge in [-0.3, -0.25) is 0 Å². The number of anilines is 6. The van der Waals surface area contributed by atoms with E-state index in [4.69, 9.17) is 0 Å². The Bertz CT molecular complexity index is 3140. The Morgan fingerprint density at radius 1 is 0.324 bits per heavy atom. The van der Waals surface area contributed by atoms with E-state index in [1.54, 1.807) is 0 Å². The van der Waals surface area contributed by atoms with E-state index in [0.29, 0.717) is 0 Å². The summed E-state index contributed by atoms with van der Waals surface area (Å²) in [4.78, 5) is 4.78. The van der Waals surface area contributed by atoms with Crippen molar-refractivity contribution in [3.63, 3.8) is 0 Å². The molecule has 352 valence electrons. The highest BCUT2D eigenvalue weighted by Crippen LogP contribution is 2.63. The van der Waals surface area contributed by atoms with E-state index in [0.717, 1.165) is 79.1 Å². The van der Waals surface area contributed by atoms with Crippen LogP contribution in [-0.2, 0) is 36.5 Å². The van der Waals surface area contributed by atoms with Gasteiger partial charge in [0.2, 0.25) is 0 Å². The lowest BCUT2D eigenvalue weighted by Gasteiger charge is -2.48. The molecule has 12 rings (SSSR count). The van der Waals surface area contributed by atoms with E-state index in [2.05, 4.69) is 255 Å². The van der Waals surface area contributed by atoms with Crippen LogP contribution in [0.2, 0.25) is 0 Å². The summed E-state index contributed by atoms with van der Waals surface area (Å²) in [5.74, 6) is 0. The normalized spacial score (nSPS) is 16.4. The van der Waals surface area contributed by atoms with Crippen molar-refractivity contribution in [2.45, 2.75) is 95.8 Å². The highest BCUT2D eigenvalue weighted by atomic mass is 15.1. The molecule has 2 nitrogen and oxygen atoms in total. The van der Waals surface area contributed by atoms with Crippen LogP contribution in [0.15, 0.2) is 224 Å². The van der Waals surface area contributed by atoms with Crippen LogP contribution in [0, 0.1) is 0 Å². The third kappa shape index (κ3) is 8.28. The van der Waals surface area contributed by atoms with Gasteiger partial charge in [-0.15, -0.1) is 0 Å². The fourth-order valence-electron chi connectivity index (χ4n) is 12.2. The van der Waals surface area contributed by atoms with Gasteiger partial charge >= 0.3 is 0 Å². The number of hydrogen-bond acceptors (Lipinski definition) is 2. The van der Waals surface area contributed by atoms with Crippen LogP contribution in [0.25, 0.3) is 0 Å².